The first kappa shape index (κ1) is 19.9. The SMILES string of the molecule is Cc1[nH]c2ccccc2c1-c1csc(NC(=O)c2ccc(S(=O)(=O)NC3CC3)cc2)n1. The maximum atomic E-state index is 12.6. The second-order valence-electron chi connectivity index (χ2n) is 7.58. The van der Waals surface area contributed by atoms with Gasteiger partial charge in [0.1, 0.15) is 0 Å². The number of nitrogens with zero attached hydrogens (tertiary/aromatic N) is 1. The minimum absolute atomic E-state index is 0.0351. The van der Waals surface area contributed by atoms with Crippen LogP contribution in [0.15, 0.2) is 58.8 Å². The number of sulfonamides is 1. The highest BCUT2D eigenvalue weighted by molar-refractivity contribution is 7.89. The lowest BCUT2D eigenvalue weighted by molar-refractivity contribution is 0.102. The fourth-order valence-electron chi connectivity index (χ4n) is 3.50. The van der Waals surface area contributed by atoms with Gasteiger partial charge in [0.05, 0.1) is 10.6 Å². The first-order chi connectivity index (χ1) is 14.9. The largest absolute Gasteiger partial charge is 0.358 e. The molecule has 31 heavy (non-hydrogen) atoms. The van der Waals surface area contributed by atoms with Gasteiger partial charge in [0, 0.05) is 39.1 Å². The molecule has 1 fully saturated rings. The Morgan fingerprint density at radius 3 is 2.61 bits per heavy atom. The number of carbonyl (C=O) groups is 1. The van der Waals surface area contributed by atoms with Crippen LogP contribution in [0.5, 0.6) is 0 Å². The van der Waals surface area contributed by atoms with Crippen molar-refractivity contribution < 1.29 is 13.2 Å². The number of para-hydroxylation sites is 1. The number of amides is 1. The van der Waals surface area contributed by atoms with Crippen molar-refractivity contribution in [2.24, 2.45) is 0 Å². The van der Waals surface area contributed by atoms with Crippen LogP contribution in [-0.2, 0) is 10.0 Å². The predicted molar refractivity (Wildman–Crippen MR) is 122 cm³/mol. The van der Waals surface area contributed by atoms with Crippen molar-refractivity contribution in [2.75, 3.05) is 5.32 Å². The minimum atomic E-state index is -3.54. The number of rotatable bonds is 6. The standard InChI is InChI=1S/C22H20N4O3S2/c1-13-20(17-4-2-3-5-18(17)23-13)19-12-30-22(24-19)25-21(27)14-6-10-16(11-7-14)31(28,29)26-15-8-9-15/h2-7,10-12,15,23,26H,8-9H2,1H3,(H,24,25,27). The monoisotopic (exact) mass is 452 g/mol. The number of carbonyl (C=O) groups excluding carboxylic acids is 1. The van der Waals surface area contributed by atoms with E-state index in [-0.39, 0.29) is 16.8 Å². The third-order valence-corrected chi connectivity index (χ3v) is 7.49. The van der Waals surface area contributed by atoms with Crippen LogP contribution in [-0.4, -0.2) is 30.3 Å². The Labute approximate surface area is 183 Å². The third-order valence-electron chi connectivity index (χ3n) is 5.20. The highest BCUT2D eigenvalue weighted by atomic mass is 32.2. The molecule has 5 rings (SSSR count). The average molecular weight is 453 g/mol. The van der Waals surface area contributed by atoms with Crippen molar-refractivity contribution in [1.82, 2.24) is 14.7 Å². The van der Waals surface area contributed by atoms with Gasteiger partial charge in [0.2, 0.25) is 10.0 Å². The molecule has 1 aliphatic rings. The normalized spacial score (nSPS) is 14.1. The molecule has 0 saturated heterocycles. The summed E-state index contributed by atoms with van der Waals surface area (Å²) >= 11 is 1.35. The fourth-order valence-corrected chi connectivity index (χ4v) is 5.50. The molecule has 1 aliphatic carbocycles. The first-order valence-electron chi connectivity index (χ1n) is 9.88. The lowest BCUT2D eigenvalue weighted by Gasteiger charge is -2.06. The van der Waals surface area contributed by atoms with E-state index >= 15 is 0 Å². The van der Waals surface area contributed by atoms with Gasteiger partial charge in [-0.3, -0.25) is 10.1 Å². The summed E-state index contributed by atoms with van der Waals surface area (Å²) in [5.74, 6) is -0.337. The molecular formula is C22H20N4O3S2. The second kappa shape index (κ2) is 7.60. The van der Waals surface area contributed by atoms with Gasteiger partial charge in [-0.2, -0.15) is 0 Å². The number of nitrogens with one attached hydrogen (secondary N) is 3. The molecule has 2 aromatic heterocycles. The summed E-state index contributed by atoms with van der Waals surface area (Å²) in [6, 6.07) is 14.0. The summed E-state index contributed by atoms with van der Waals surface area (Å²) < 4.78 is 27.2. The van der Waals surface area contributed by atoms with E-state index in [1.807, 2.05) is 36.6 Å². The number of aromatic amines is 1. The maximum Gasteiger partial charge on any atom is 0.257 e. The predicted octanol–water partition coefficient (Wildman–Crippen LogP) is 4.29. The van der Waals surface area contributed by atoms with E-state index in [0.717, 1.165) is 40.7 Å². The lowest BCUT2D eigenvalue weighted by Crippen LogP contribution is -2.25. The summed E-state index contributed by atoms with van der Waals surface area (Å²) in [7, 11) is -3.54. The second-order valence-corrected chi connectivity index (χ2v) is 10.2. The van der Waals surface area contributed by atoms with Gasteiger partial charge >= 0.3 is 0 Å². The van der Waals surface area contributed by atoms with Gasteiger partial charge in [0.15, 0.2) is 5.13 Å². The number of fused-ring (bicyclic) bond motifs is 1. The Morgan fingerprint density at radius 2 is 1.87 bits per heavy atom. The van der Waals surface area contributed by atoms with E-state index in [1.165, 1.54) is 35.6 Å². The van der Waals surface area contributed by atoms with Gasteiger partial charge in [0.25, 0.3) is 5.91 Å². The Balaban J connectivity index is 1.33. The Hall–Kier alpha value is -3.01. The molecule has 0 spiro atoms. The fraction of sp³-hybridized carbons (Fsp3) is 0.182. The summed E-state index contributed by atoms with van der Waals surface area (Å²) in [6.45, 7) is 2.00. The van der Waals surface area contributed by atoms with Gasteiger partial charge in [-0.25, -0.2) is 18.1 Å². The molecule has 9 heteroatoms. The van der Waals surface area contributed by atoms with Crippen molar-refractivity contribution in [3.63, 3.8) is 0 Å². The zero-order valence-electron chi connectivity index (χ0n) is 16.7. The zero-order chi connectivity index (χ0) is 21.6. The Morgan fingerprint density at radius 1 is 1.13 bits per heavy atom. The van der Waals surface area contributed by atoms with Crippen LogP contribution in [0, 0.1) is 6.92 Å². The van der Waals surface area contributed by atoms with Crippen LogP contribution in [0.4, 0.5) is 5.13 Å². The van der Waals surface area contributed by atoms with Crippen molar-refractivity contribution in [1.29, 1.82) is 0 Å². The first-order valence-corrected chi connectivity index (χ1v) is 12.2. The maximum absolute atomic E-state index is 12.6. The molecule has 7 nitrogen and oxygen atoms in total. The molecule has 0 unspecified atom stereocenters. The van der Waals surface area contributed by atoms with E-state index in [4.69, 9.17) is 0 Å². The lowest BCUT2D eigenvalue weighted by atomic mass is 10.1. The minimum Gasteiger partial charge on any atom is -0.358 e. The molecule has 2 aromatic carbocycles. The molecule has 0 radical (unpaired) electrons. The Kier molecular flexibility index (Phi) is 4.88. The van der Waals surface area contributed by atoms with E-state index in [0.29, 0.717) is 10.7 Å². The summed E-state index contributed by atoms with van der Waals surface area (Å²) in [6.07, 6.45) is 1.74. The third kappa shape index (κ3) is 3.99. The van der Waals surface area contributed by atoms with Gasteiger partial charge in [-0.05, 0) is 50.1 Å². The van der Waals surface area contributed by atoms with Crippen LogP contribution in [0.1, 0.15) is 28.9 Å². The van der Waals surface area contributed by atoms with Crippen molar-refractivity contribution in [3.05, 3.63) is 65.2 Å². The zero-order valence-corrected chi connectivity index (χ0v) is 18.3. The van der Waals surface area contributed by atoms with Crippen LogP contribution < -0.4 is 10.0 Å². The van der Waals surface area contributed by atoms with Crippen LogP contribution >= 0.6 is 11.3 Å². The number of benzene rings is 2. The smallest absolute Gasteiger partial charge is 0.257 e. The number of thiazole rings is 1. The van der Waals surface area contributed by atoms with Gasteiger partial charge < -0.3 is 4.98 Å². The molecule has 2 heterocycles. The number of hydrogen-bond donors (Lipinski definition) is 3. The molecule has 0 bridgehead atoms. The van der Waals surface area contributed by atoms with Crippen molar-refractivity contribution in [3.8, 4) is 11.3 Å². The topological polar surface area (TPSA) is 104 Å². The van der Waals surface area contributed by atoms with Crippen molar-refractivity contribution in [2.45, 2.75) is 30.7 Å². The molecule has 1 saturated carbocycles. The number of hydrogen-bond acceptors (Lipinski definition) is 5. The summed E-state index contributed by atoms with van der Waals surface area (Å²) in [5.41, 5.74) is 4.24. The number of aryl methyl sites for hydroxylation is 1. The molecule has 158 valence electrons. The van der Waals surface area contributed by atoms with Gasteiger partial charge in [-0.15, -0.1) is 11.3 Å². The summed E-state index contributed by atoms with van der Waals surface area (Å²) in [5, 5.41) is 6.28. The quantitative estimate of drug-likeness (QED) is 0.406. The number of aromatic nitrogens is 2. The van der Waals surface area contributed by atoms with E-state index in [9.17, 15) is 13.2 Å². The van der Waals surface area contributed by atoms with Crippen molar-refractivity contribution >= 4 is 43.3 Å². The summed E-state index contributed by atoms with van der Waals surface area (Å²) in [4.78, 5) is 20.7. The number of anilines is 1. The highest BCUT2D eigenvalue weighted by Gasteiger charge is 2.28. The molecule has 3 N–H and O–H groups in total. The van der Waals surface area contributed by atoms with Crippen LogP contribution in [0.2, 0.25) is 0 Å². The average Bonchev–Trinajstić information content (AvgIpc) is 3.32. The Bertz CT molecular complexity index is 1380. The van der Waals surface area contributed by atoms with Crippen LogP contribution in [0.3, 0.4) is 0 Å². The van der Waals surface area contributed by atoms with E-state index in [1.54, 1.807) is 0 Å². The van der Waals surface area contributed by atoms with E-state index in [2.05, 4.69) is 20.0 Å². The van der Waals surface area contributed by atoms with Gasteiger partial charge in [-0.1, -0.05) is 18.2 Å². The molecule has 1 amide bonds. The molecule has 0 atom stereocenters. The van der Waals surface area contributed by atoms with Crippen LogP contribution in [0.25, 0.3) is 22.2 Å². The van der Waals surface area contributed by atoms with E-state index < -0.39 is 10.0 Å². The highest BCUT2D eigenvalue weighted by Crippen LogP contribution is 2.34. The molecule has 4 aromatic rings. The number of H-pyrrole nitrogens is 1. The molecular weight excluding hydrogens is 432 g/mol. The molecule has 0 aliphatic heterocycles.